The van der Waals surface area contributed by atoms with E-state index in [0.29, 0.717) is 17.8 Å². The maximum absolute atomic E-state index is 12.1. The van der Waals surface area contributed by atoms with E-state index in [-0.39, 0.29) is 5.91 Å². The van der Waals surface area contributed by atoms with Gasteiger partial charge in [0, 0.05) is 17.8 Å². The van der Waals surface area contributed by atoms with Crippen molar-refractivity contribution in [1.82, 2.24) is 5.32 Å². The number of hydrogen-bond acceptors (Lipinski definition) is 2. The number of amides is 1. The molecular weight excluding hydrogens is 248 g/mol. The van der Waals surface area contributed by atoms with E-state index in [4.69, 9.17) is 5.73 Å². The monoisotopic (exact) mass is 268 g/mol. The molecule has 0 spiro atoms. The molecule has 3 N–H and O–H groups in total. The Balaban J connectivity index is 2.00. The lowest BCUT2D eigenvalue weighted by molar-refractivity contribution is 0.0951. The second-order valence-electron chi connectivity index (χ2n) is 4.99. The van der Waals surface area contributed by atoms with Crippen LogP contribution in [0.4, 0.5) is 5.69 Å². The van der Waals surface area contributed by atoms with Gasteiger partial charge in [-0.25, -0.2) is 0 Å². The van der Waals surface area contributed by atoms with Gasteiger partial charge < -0.3 is 11.1 Å². The van der Waals surface area contributed by atoms with Crippen molar-refractivity contribution >= 4 is 11.6 Å². The van der Waals surface area contributed by atoms with Gasteiger partial charge in [0.2, 0.25) is 0 Å². The summed E-state index contributed by atoms with van der Waals surface area (Å²) in [7, 11) is 0. The Kier molecular flexibility index (Phi) is 4.41. The molecule has 0 saturated heterocycles. The Hall–Kier alpha value is -2.29. The smallest absolute Gasteiger partial charge is 0.251 e. The molecule has 0 aliphatic heterocycles. The first kappa shape index (κ1) is 14.1. The van der Waals surface area contributed by atoms with Gasteiger partial charge in [-0.05, 0) is 48.2 Å². The van der Waals surface area contributed by atoms with Crippen LogP contribution in [-0.2, 0) is 13.0 Å². The van der Waals surface area contributed by atoms with E-state index in [9.17, 15) is 4.79 Å². The molecule has 0 fully saturated rings. The van der Waals surface area contributed by atoms with E-state index < -0.39 is 0 Å². The number of hydrogen-bond donors (Lipinski definition) is 2. The fraction of sp³-hybridized carbons (Fsp3) is 0.235. The SMILES string of the molecule is CCc1ccc(CNC(=O)c2cc(C)cc(N)c2)cc1. The predicted molar refractivity (Wildman–Crippen MR) is 82.6 cm³/mol. The second kappa shape index (κ2) is 6.24. The zero-order valence-corrected chi connectivity index (χ0v) is 11.9. The highest BCUT2D eigenvalue weighted by molar-refractivity contribution is 5.95. The molecule has 0 saturated carbocycles. The molecule has 2 rings (SSSR count). The summed E-state index contributed by atoms with van der Waals surface area (Å²) in [5.74, 6) is -0.0973. The first-order chi connectivity index (χ1) is 9.58. The molecule has 20 heavy (non-hydrogen) atoms. The zero-order chi connectivity index (χ0) is 14.5. The lowest BCUT2D eigenvalue weighted by atomic mass is 10.1. The van der Waals surface area contributed by atoms with E-state index in [1.807, 2.05) is 31.2 Å². The number of benzene rings is 2. The average Bonchev–Trinajstić information content (AvgIpc) is 2.44. The number of anilines is 1. The number of carbonyl (C=O) groups is 1. The maximum Gasteiger partial charge on any atom is 0.251 e. The fourth-order valence-corrected chi connectivity index (χ4v) is 2.12. The van der Waals surface area contributed by atoms with E-state index in [2.05, 4.69) is 24.4 Å². The Morgan fingerprint density at radius 1 is 1.10 bits per heavy atom. The Labute approximate surface area is 119 Å². The number of carbonyl (C=O) groups excluding carboxylic acids is 1. The van der Waals surface area contributed by atoms with Crippen LogP contribution in [0.1, 0.15) is 34.0 Å². The second-order valence-corrected chi connectivity index (χ2v) is 4.99. The van der Waals surface area contributed by atoms with Crippen molar-refractivity contribution in [3.63, 3.8) is 0 Å². The van der Waals surface area contributed by atoms with Crippen molar-refractivity contribution in [3.05, 3.63) is 64.7 Å². The largest absolute Gasteiger partial charge is 0.399 e. The molecular formula is C17H20N2O. The molecule has 1 amide bonds. The highest BCUT2D eigenvalue weighted by atomic mass is 16.1. The van der Waals surface area contributed by atoms with E-state index in [0.717, 1.165) is 17.5 Å². The highest BCUT2D eigenvalue weighted by Crippen LogP contribution is 2.11. The number of rotatable bonds is 4. The van der Waals surface area contributed by atoms with Crippen molar-refractivity contribution in [3.8, 4) is 0 Å². The molecule has 0 radical (unpaired) electrons. The first-order valence-corrected chi connectivity index (χ1v) is 6.81. The van der Waals surface area contributed by atoms with Crippen molar-refractivity contribution < 1.29 is 4.79 Å². The minimum absolute atomic E-state index is 0.0973. The summed E-state index contributed by atoms with van der Waals surface area (Å²) in [6.07, 6.45) is 1.02. The van der Waals surface area contributed by atoms with Gasteiger partial charge in [0.05, 0.1) is 0 Å². The van der Waals surface area contributed by atoms with Crippen LogP contribution in [0.25, 0.3) is 0 Å². The summed E-state index contributed by atoms with van der Waals surface area (Å²) < 4.78 is 0. The molecule has 2 aromatic rings. The van der Waals surface area contributed by atoms with Crippen molar-refractivity contribution in [1.29, 1.82) is 0 Å². The Bertz CT molecular complexity index is 583. The first-order valence-electron chi connectivity index (χ1n) is 6.81. The fourth-order valence-electron chi connectivity index (χ4n) is 2.12. The normalized spacial score (nSPS) is 10.3. The quantitative estimate of drug-likeness (QED) is 0.837. The molecule has 0 aromatic heterocycles. The summed E-state index contributed by atoms with van der Waals surface area (Å²) >= 11 is 0. The van der Waals surface area contributed by atoms with Crippen LogP contribution >= 0.6 is 0 Å². The maximum atomic E-state index is 12.1. The number of aryl methyl sites for hydroxylation is 2. The number of nitrogens with two attached hydrogens (primary N) is 1. The molecule has 3 nitrogen and oxygen atoms in total. The summed E-state index contributed by atoms with van der Waals surface area (Å²) in [6, 6.07) is 13.7. The van der Waals surface area contributed by atoms with Gasteiger partial charge in [-0.1, -0.05) is 31.2 Å². The lowest BCUT2D eigenvalue weighted by Gasteiger charge is -2.08. The van der Waals surface area contributed by atoms with E-state index in [1.165, 1.54) is 5.56 Å². The average molecular weight is 268 g/mol. The lowest BCUT2D eigenvalue weighted by Crippen LogP contribution is -2.23. The van der Waals surface area contributed by atoms with Crippen LogP contribution in [0.5, 0.6) is 0 Å². The molecule has 0 heterocycles. The Morgan fingerprint density at radius 2 is 1.75 bits per heavy atom. The van der Waals surface area contributed by atoms with Crippen molar-refractivity contribution in [2.75, 3.05) is 5.73 Å². The Morgan fingerprint density at radius 3 is 2.35 bits per heavy atom. The highest BCUT2D eigenvalue weighted by Gasteiger charge is 2.06. The molecule has 0 aliphatic carbocycles. The van der Waals surface area contributed by atoms with Crippen molar-refractivity contribution in [2.45, 2.75) is 26.8 Å². The minimum atomic E-state index is -0.0973. The van der Waals surface area contributed by atoms with Gasteiger partial charge in [-0.15, -0.1) is 0 Å². The summed E-state index contributed by atoms with van der Waals surface area (Å²) in [5.41, 5.74) is 10.4. The third kappa shape index (κ3) is 3.60. The predicted octanol–water partition coefficient (Wildman–Crippen LogP) is 3.07. The van der Waals surface area contributed by atoms with Gasteiger partial charge >= 0.3 is 0 Å². The van der Waals surface area contributed by atoms with Crippen LogP contribution in [0, 0.1) is 6.92 Å². The van der Waals surface area contributed by atoms with Crippen LogP contribution < -0.4 is 11.1 Å². The number of nitrogen functional groups attached to an aromatic ring is 1. The third-order valence-corrected chi connectivity index (χ3v) is 3.25. The van der Waals surface area contributed by atoms with Crippen LogP contribution in [0.2, 0.25) is 0 Å². The molecule has 0 unspecified atom stereocenters. The van der Waals surface area contributed by atoms with Gasteiger partial charge in [-0.3, -0.25) is 4.79 Å². The zero-order valence-electron chi connectivity index (χ0n) is 11.9. The minimum Gasteiger partial charge on any atom is -0.399 e. The van der Waals surface area contributed by atoms with Gasteiger partial charge in [0.25, 0.3) is 5.91 Å². The summed E-state index contributed by atoms with van der Waals surface area (Å²) in [4.78, 5) is 12.1. The standard InChI is InChI=1S/C17H20N2O/c1-3-13-4-6-14(7-5-13)11-19-17(20)15-8-12(2)9-16(18)10-15/h4-10H,3,11,18H2,1-2H3,(H,19,20). The summed E-state index contributed by atoms with van der Waals surface area (Å²) in [6.45, 7) is 4.58. The molecule has 3 heteroatoms. The third-order valence-electron chi connectivity index (χ3n) is 3.25. The number of nitrogens with one attached hydrogen (secondary N) is 1. The van der Waals surface area contributed by atoms with Crippen molar-refractivity contribution in [2.24, 2.45) is 0 Å². The van der Waals surface area contributed by atoms with Gasteiger partial charge in [-0.2, -0.15) is 0 Å². The van der Waals surface area contributed by atoms with Gasteiger partial charge in [0.1, 0.15) is 0 Å². The van der Waals surface area contributed by atoms with Crippen LogP contribution in [-0.4, -0.2) is 5.91 Å². The molecule has 0 aliphatic rings. The molecule has 104 valence electrons. The van der Waals surface area contributed by atoms with Gasteiger partial charge in [0.15, 0.2) is 0 Å². The molecule has 0 atom stereocenters. The summed E-state index contributed by atoms with van der Waals surface area (Å²) in [5, 5.41) is 2.91. The molecule has 0 bridgehead atoms. The van der Waals surface area contributed by atoms with E-state index >= 15 is 0 Å². The van der Waals surface area contributed by atoms with Crippen LogP contribution in [0.3, 0.4) is 0 Å². The van der Waals surface area contributed by atoms with E-state index in [1.54, 1.807) is 6.07 Å². The topological polar surface area (TPSA) is 55.1 Å². The molecule has 2 aromatic carbocycles. The van der Waals surface area contributed by atoms with Crippen LogP contribution in [0.15, 0.2) is 42.5 Å².